The highest BCUT2D eigenvalue weighted by atomic mass is 16.5. The minimum absolute atomic E-state index is 0.172. The second-order valence-corrected chi connectivity index (χ2v) is 7.76. The molecule has 3 N–H and O–H groups in total. The molecule has 0 unspecified atom stereocenters. The Morgan fingerprint density at radius 1 is 0.861 bits per heavy atom. The number of anilines is 2. The van der Waals surface area contributed by atoms with Gasteiger partial charge in [-0.15, -0.1) is 0 Å². The number of hydrogen-bond donors (Lipinski definition) is 3. The van der Waals surface area contributed by atoms with Crippen LogP contribution >= 0.6 is 0 Å². The molecule has 0 atom stereocenters. The average Bonchev–Trinajstić information content (AvgIpc) is 2.86. The molecule has 0 aromatic heterocycles. The van der Waals surface area contributed by atoms with Crippen LogP contribution in [0.4, 0.5) is 11.4 Å². The molecule has 0 heterocycles. The summed E-state index contributed by atoms with van der Waals surface area (Å²) in [6.07, 6.45) is 1.36. The highest BCUT2D eigenvalue weighted by molar-refractivity contribution is 6.39. The van der Waals surface area contributed by atoms with Crippen molar-refractivity contribution in [2.75, 3.05) is 23.8 Å². The molecule has 0 aliphatic heterocycles. The van der Waals surface area contributed by atoms with Gasteiger partial charge in [0.25, 0.3) is 5.91 Å². The number of hydrogen-bond acceptors (Lipinski definition) is 6. The molecule has 0 radical (unpaired) electrons. The zero-order valence-electron chi connectivity index (χ0n) is 20.3. The second kappa shape index (κ2) is 12.7. The van der Waals surface area contributed by atoms with Gasteiger partial charge in [-0.25, -0.2) is 5.43 Å². The molecule has 0 saturated heterocycles. The lowest BCUT2D eigenvalue weighted by Gasteiger charge is -2.12. The molecule has 9 heteroatoms. The molecule has 0 aliphatic rings. The van der Waals surface area contributed by atoms with E-state index in [2.05, 4.69) is 21.2 Å². The molecule has 36 heavy (non-hydrogen) atoms. The molecule has 186 valence electrons. The van der Waals surface area contributed by atoms with Crippen molar-refractivity contribution in [2.24, 2.45) is 5.10 Å². The fraction of sp³-hybridized carbons (Fsp3) is 0.185. The monoisotopic (exact) mass is 488 g/mol. The zero-order valence-corrected chi connectivity index (χ0v) is 20.3. The number of ether oxygens (including phenoxy) is 2. The molecule has 3 amide bonds. The van der Waals surface area contributed by atoms with Gasteiger partial charge in [-0.2, -0.15) is 5.10 Å². The normalized spacial score (nSPS) is 10.5. The lowest BCUT2D eigenvalue weighted by atomic mass is 10.1. The van der Waals surface area contributed by atoms with E-state index in [-0.39, 0.29) is 12.5 Å². The number of nitrogens with one attached hydrogen (secondary N) is 3. The number of rotatable bonds is 9. The Hall–Kier alpha value is -4.66. The van der Waals surface area contributed by atoms with Crippen molar-refractivity contribution in [3.63, 3.8) is 0 Å². The summed E-state index contributed by atoms with van der Waals surface area (Å²) >= 11 is 0. The first-order chi connectivity index (χ1) is 17.4. The Morgan fingerprint density at radius 2 is 1.58 bits per heavy atom. The van der Waals surface area contributed by atoms with E-state index in [1.807, 2.05) is 39.0 Å². The third kappa shape index (κ3) is 7.42. The van der Waals surface area contributed by atoms with E-state index in [0.29, 0.717) is 29.4 Å². The van der Waals surface area contributed by atoms with Crippen molar-refractivity contribution in [2.45, 2.75) is 20.8 Å². The second-order valence-electron chi connectivity index (χ2n) is 7.76. The number of carbonyl (C=O) groups is 3. The lowest BCUT2D eigenvalue weighted by Crippen LogP contribution is -2.32. The molecule has 3 rings (SSSR count). The molecular weight excluding hydrogens is 460 g/mol. The standard InChI is InChI=1S/C27H28N4O5/c1-4-35-23-14-6-5-13-22(23)29-26(33)27(34)31-28-16-20-11-8-12-21(15-20)36-17-24(32)30-25-18(2)9-7-10-19(25)3/h5-16H,4,17H2,1-3H3,(H,29,33)(H,30,32)(H,31,34)/b28-16-. The van der Waals surface area contributed by atoms with Gasteiger partial charge < -0.3 is 20.1 Å². The van der Waals surface area contributed by atoms with Crippen molar-refractivity contribution < 1.29 is 23.9 Å². The predicted molar refractivity (Wildman–Crippen MR) is 138 cm³/mol. The van der Waals surface area contributed by atoms with Gasteiger partial charge in [0, 0.05) is 5.69 Å². The number of benzene rings is 3. The van der Waals surface area contributed by atoms with E-state index in [0.717, 1.165) is 16.8 Å². The topological polar surface area (TPSA) is 118 Å². The minimum Gasteiger partial charge on any atom is -0.492 e. The van der Waals surface area contributed by atoms with Crippen LogP contribution in [0.1, 0.15) is 23.6 Å². The number of para-hydroxylation sites is 3. The van der Waals surface area contributed by atoms with E-state index in [4.69, 9.17) is 9.47 Å². The van der Waals surface area contributed by atoms with Crippen LogP contribution in [0.5, 0.6) is 11.5 Å². The zero-order chi connectivity index (χ0) is 25.9. The minimum atomic E-state index is -0.937. The predicted octanol–water partition coefficient (Wildman–Crippen LogP) is 3.81. The molecule has 3 aromatic rings. The smallest absolute Gasteiger partial charge is 0.329 e. The Labute approximate surface area is 209 Å². The number of carbonyl (C=O) groups excluding carboxylic acids is 3. The van der Waals surface area contributed by atoms with Crippen LogP contribution in [0.2, 0.25) is 0 Å². The van der Waals surface area contributed by atoms with Crippen molar-refractivity contribution in [3.8, 4) is 11.5 Å². The summed E-state index contributed by atoms with van der Waals surface area (Å²) in [6, 6.07) is 19.4. The Morgan fingerprint density at radius 3 is 2.33 bits per heavy atom. The lowest BCUT2D eigenvalue weighted by molar-refractivity contribution is -0.136. The van der Waals surface area contributed by atoms with Crippen molar-refractivity contribution in [1.29, 1.82) is 0 Å². The van der Waals surface area contributed by atoms with Crippen LogP contribution in [0, 0.1) is 13.8 Å². The third-order valence-corrected chi connectivity index (χ3v) is 4.99. The molecule has 0 bridgehead atoms. The molecule has 0 fully saturated rings. The van der Waals surface area contributed by atoms with E-state index in [1.165, 1.54) is 6.21 Å². The highest BCUT2D eigenvalue weighted by Gasteiger charge is 2.15. The van der Waals surface area contributed by atoms with Gasteiger partial charge in [0.05, 0.1) is 18.5 Å². The van der Waals surface area contributed by atoms with Gasteiger partial charge in [-0.3, -0.25) is 14.4 Å². The Bertz CT molecular complexity index is 1250. The van der Waals surface area contributed by atoms with Crippen molar-refractivity contribution >= 4 is 35.3 Å². The van der Waals surface area contributed by atoms with Gasteiger partial charge in [-0.1, -0.05) is 42.5 Å². The van der Waals surface area contributed by atoms with Crippen molar-refractivity contribution in [1.82, 2.24) is 5.43 Å². The van der Waals surface area contributed by atoms with Crippen LogP contribution in [0.3, 0.4) is 0 Å². The fourth-order valence-corrected chi connectivity index (χ4v) is 3.27. The summed E-state index contributed by atoms with van der Waals surface area (Å²) in [4.78, 5) is 36.6. The summed E-state index contributed by atoms with van der Waals surface area (Å²) in [5.41, 5.74) is 5.88. The maximum absolute atomic E-state index is 12.3. The summed E-state index contributed by atoms with van der Waals surface area (Å²) in [7, 11) is 0. The highest BCUT2D eigenvalue weighted by Crippen LogP contribution is 2.23. The van der Waals surface area contributed by atoms with Crippen LogP contribution in [0.15, 0.2) is 71.8 Å². The van der Waals surface area contributed by atoms with Gasteiger partial charge in [0.1, 0.15) is 11.5 Å². The van der Waals surface area contributed by atoms with Gasteiger partial charge in [0.2, 0.25) is 0 Å². The molecule has 0 saturated carbocycles. The summed E-state index contributed by atoms with van der Waals surface area (Å²) < 4.78 is 11.0. The Kier molecular flexibility index (Phi) is 9.16. The van der Waals surface area contributed by atoms with Crippen LogP contribution < -0.4 is 25.5 Å². The first kappa shape index (κ1) is 26.0. The summed E-state index contributed by atoms with van der Waals surface area (Å²) in [5.74, 6) is -1.19. The van der Waals surface area contributed by atoms with Gasteiger partial charge >= 0.3 is 11.8 Å². The Balaban J connectivity index is 1.51. The quantitative estimate of drug-likeness (QED) is 0.241. The molecule has 3 aromatic carbocycles. The van der Waals surface area contributed by atoms with Crippen LogP contribution in [-0.2, 0) is 14.4 Å². The first-order valence-electron chi connectivity index (χ1n) is 11.3. The summed E-state index contributed by atoms with van der Waals surface area (Å²) in [6.45, 7) is 5.92. The van der Waals surface area contributed by atoms with Gasteiger partial charge in [-0.05, 0) is 61.7 Å². The number of nitrogens with zero attached hydrogens (tertiary/aromatic N) is 1. The molecular formula is C27H28N4O5. The number of amides is 3. The summed E-state index contributed by atoms with van der Waals surface area (Å²) in [5, 5.41) is 9.18. The molecule has 0 spiro atoms. The molecule has 0 aliphatic carbocycles. The average molecular weight is 489 g/mol. The van der Waals surface area contributed by atoms with Crippen LogP contribution in [0.25, 0.3) is 0 Å². The number of aryl methyl sites for hydroxylation is 2. The van der Waals surface area contributed by atoms with Crippen molar-refractivity contribution in [3.05, 3.63) is 83.4 Å². The maximum Gasteiger partial charge on any atom is 0.329 e. The first-order valence-corrected chi connectivity index (χ1v) is 11.3. The number of hydrazone groups is 1. The van der Waals surface area contributed by atoms with E-state index >= 15 is 0 Å². The van der Waals surface area contributed by atoms with E-state index < -0.39 is 11.8 Å². The van der Waals surface area contributed by atoms with Crippen LogP contribution in [-0.4, -0.2) is 37.1 Å². The van der Waals surface area contributed by atoms with Gasteiger partial charge in [0.15, 0.2) is 6.61 Å². The molecule has 9 nitrogen and oxygen atoms in total. The van der Waals surface area contributed by atoms with E-state index in [1.54, 1.807) is 48.5 Å². The van der Waals surface area contributed by atoms with E-state index in [9.17, 15) is 14.4 Å². The largest absolute Gasteiger partial charge is 0.492 e. The SMILES string of the molecule is CCOc1ccccc1NC(=O)C(=O)N/N=C\c1cccc(OCC(=O)Nc2c(C)cccc2C)c1. The maximum atomic E-state index is 12.3. The fourth-order valence-electron chi connectivity index (χ4n) is 3.27. The third-order valence-electron chi connectivity index (χ3n) is 4.99.